The maximum Gasteiger partial charge on any atom is 0.307 e. The molecule has 1 atom stereocenters. The number of benzene rings is 2. The smallest absolute Gasteiger partial charge is 0.307 e. The van der Waals surface area contributed by atoms with Gasteiger partial charge in [-0.15, -0.1) is 0 Å². The van der Waals surface area contributed by atoms with Gasteiger partial charge in [0.05, 0.1) is 6.42 Å². The molecule has 2 aromatic rings. The number of carbonyl (C=O) groups excluding carboxylic acids is 1. The molecule has 2 aliphatic rings. The Morgan fingerprint density at radius 2 is 1.45 bits per heavy atom. The lowest BCUT2D eigenvalue weighted by Gasteiger charge is -2.41. The first-order valence-electron chi connectivity index (χ1n) is 11.7. The molecule has 0 aromatic heterocycles. The predicted octanol–water partition coefficient (Wildman–Crippen LogP) is 3.80. The Labute approximate surface area is 186 Å². The van der Waals surface area contributed by atoms with Crippen LogP contribution in [0.5, 0.6) is 0 Å². The topological polar surface area (TPSA) is 36.0 Å². The Balaban J connectivity index is 1.30. The molecular weight excluding hydrogens is 386 g/mol. The minimum atomic E-state index is -0.0812. The van der Waals surface area contributed by atoms with E-state index in [2.05, 4.69) is 45.0 Å². The third kappa shape index (κ3) is 6.55. The molecule has 2 fully saturated rings. The molecule has 0 saturated carbocycles. The molecule has 0 radical (unpaired) electrons. The van der Waals surface area contributed by atoms with E-state index in [0.717, 1.165) is 51.4 Å². The second kappa shape index (κ2) is 11.3. The van der Waals surface area contributed by atoms with Crippen LogP contribution in [0.4, 0.5) is 5.69 Å². The molecule has 2 aromatic carbocycles. The number of hydrogen-bond acceptors (Lipinski definition) is 5. The summed E-state index contributed by atoms with van der Waals surface area (Å²) >= 11 is 0. The molecule has 0 amide bonds. The van der Waals surface area contributed by atoms with Crippen molar-refractivity contribution in [2.24, 2.45) is 0 Å². The average molecular weight is 422 g/mol. The summed E-state index contributed by atoms with van der Waals surface area (Å²) in [5.41, 5.74) is 2.35. The molecule has 166 valence electrons. The van der Waals surface area contributed by atoms with Crippen LogP contribution < -0.4 is 4.90 Å². The van der Waals surface area contributed by atoms with Crippen LogP contribution in [0.2, 0.25) is 0 Å². The normalized spacial score (nSPS) is 19.2. The lowest BCUT2D eigenvalue weighted by atomic mass is 10.0. The van der Waals surface area contributed by atoms with Crippen molar-refractivity contribution in [2.75, 3.05) is 50.7 Å². The van der Waals surface area contributed by atoms with Crippen LogP contribution in [-0.4, -0.2) is 67.6 Å². The van der Waals surface area contributed by atoms with Gasteiger partial charge in [-0.2, -0.15) is 0 Å². The zero-order valence-corrected chi connectivity index (χ0v) is 18.5. The summed E-state index contributed by atoms with van der Waals surface area (Å²) in [4.78, 5) is 20.2. The molecular formula is C26H35N3O2. The molecule has 0 N–H and O–H groups in total. The standard InChI is InChI=1S/C26H35N3O2/c30-26(31-22-23-10-4-1-5-11-23)20-25(28-14-8-3-9-15-28)21-27-16-18-29(19-17-27)24-12-6-2-7-13-24/h1-2,4-7,10-13,25H,3,8-9,14-22H2. The third-order valence-electron chi connectivity index (χ3n) is 6.51. The van der Waals surface area contributed by atoms with Gasteiger partial charge in [-0.25, -0.2) is 0 Å². The van der Waals surface area contributed by atoms with Crippen LogP contribution in [0, 0.1) is 0 Å². The fourth-order valence-corrected chi connectivity index (χ4v) is 4.71. The summed E-state index contributed by atoms with van der Waals surface area (Å²) in [6.45, 7) is 7.66. The molecule has 0 aliphatic carbocycles. The van der Waals surface area contributed by atoms with Gasteiger partial charge < -0.3 is 9.64 Å². The number of piperazine rings is 1. The lowest BCUT2D eigenvalue weighted by Crippen LogP contribution is -2.53. The van der Waals surface area contributed by atoms with E-state index in [1.54, 1.807) is 0 Å². The van der Waals surface area contributed by atoms with Crippen LogP contribution >= 0.6 is 0 Å². The molecule has 1 unspecified atom stereocenters. The lowest BCUT2D eigenvalue weighted by molar-refractivity contribution is -0.146. The van der Waals surface area contributed by atoms with E-state index in [1.807, 2.05) is 30.3 Å². The number of para-hydroxylation sites is 1. The maximum atomic E-state index is 12.7. The van der Waals surface area contributed by atoms with Crippen molar-refractivity contribution in [2.45, 2.75) is 38.3 Å². The van der Waals surface area contributed by atoms with Crippen molar-refractivity contribution in [3.63, 3.8) is 0 Å². The van der Waals surface area contributed by atoms with Crippen molar-refractivity contribution >= 4 is 11.7 Å². The fourth-order valence-electron chi connectivity index (χ4n) is 4.71. The summed E-state index contributed by atoms with van der Waals surface area (Å²) in [6, 6.07) is 20.8. The van der Waals surface area contributed by atoms with Crippen molar-refractivity contribution in [1.29, 1.82) is 0 Å². The second-order valence-corrected chi connectivity index (χ2v) is 8.72. The first-order chi connectivity index (χ1) is 15.3. The Morgan fingerprint density at radius 1 is 0.806 bits per heavy atom. The summed E-state index contributed by atoms with van der Waals surface area (Å²) in [6.07, 6.45) is 4.25. The molecule has 5 nitrogen and oxygen atoms in total. The highest BCUT2D eigenvalue weighted by atomic mass is 16.5. The van der Waals surface area contributed by atoms with Crippen LogP contribution in [0.1, 0.15) is 31.2 Å². The van der Waals surface area contributed by atoms with Crippen molar-refractivity contribution in [3.05, 3.63) is 66.2 Å². The third-order valence-corrected chi connectivity index (χ3v) is 6.51. The van der Waals surface area contributed by atoms with Gasteiger partial charge in [0.25, 0.3) is 0 Å². The number of anilines is 1. The van der Waals surface area contributed by atoms with Gasteiger partial charge in [0.15, 0.2) is 0 Å². The first-order valence-corrected chi connectivity index (χ1v) is 11.7. The highest BCUT2D eigenvalue weighted by Crippen LogP contribution is 2.19. The number of carbonyl (C=O) groups is 1. The van der Waals surface area contributed by atoms with E-state index >= 15 is 0 Å². The summed E-state index contributed by atoms with van der Waals surface area (Å²) in [7, 11) is 0. The van der Waals surface area contributed by atoms with Gasteiger partial charge in [-0.1, -0.05) is 55.0 Å². The monoisotopic (exact) mass is 421 g/mol. The minimum absolute atomic E-state index is 0.0812. The van der Waals surface area contributed by atoms with Crippen LogP contribution in [0.25, 0.3) is 0 Å². The molecule has 2 saturated heterocycles. The zero-order valence-electron chi connectivity index (χ0n) is 18.5. The number of piperidine rings is 1. The number of hydrogen-bond donors (Lipinski definition) is 0. The average Bonchev–Trinajstić information content (AvgIpc) is 2.84. The summed E-state index contributed by atoms with van der Waals surface area (Å²) in [5, 5.41) is 0. The van der Waals surface area contributed by atoms with E-state index in [0.29, 0.717) is 13.0 Å². The number of nitrogens with zero attached hydrogens (tertiary/aromatic N) is 3. The molecule has 31 heavy (non-hydrogen) atoms. The Morgan fingerprint density at radius 3 is 2.13 bits per heavy atom. The maximum absolute atomic E-state index is 12.7. The number of likely N-dealkylation sites (tertiary alicyclic amines) is 1. The highest BCUT2D eigenvalue weighted by molar-refractivity contribution is 5.70. The van der Waals surface area contributed by atoms with Gasteiger partial charge >= 0.3 is 5.97 Å². The van der Waals surface area contributed by atoms with E-state index in [4.69, 9.17) is 4.74 Å². The van der Waals surface area contributed by atoms with Gasteiger partial charge in [0.1, 0.15) is 6.61 Å². The molecule has 2 aliphatic heterocycles. The largest absolute Gasteiger partial charge is 0.461 e. The predicted molar refractivity (Wildman–Crippen MR) is 125 cm³/mol. The molecule has 5 heteroatoms. The number of ether oxygens (including phenoxy) is 1. The summed E-state index contributed by atoms with van der Waals surface area (Å²) in [5.74, 6) is -0.0812. The Kier molecular flexibility index (Phi) is 7.97. The van der Waals surface area contributed by atoms with Crippen molar-refractivity contribution < 1.29 is 9.53 Å². The van der Waals surface area contributed by atoms with E-state index in [9.17, 15) is 4.79 Å². The summed E-state index contributed by atoms with van der Waals surface area (Å²) < 4.78 is 5.62. The van der Waals surface area contributed by atoms with Crippen molar-refractivity contribution in [3.8, 4) is 0 Å². The number of rotatable bonds is 8. The van der Waals surface area contributed by atoms with Crippen LogP contribution in [0.3, 0.4) is 0 Å². The number of esters is 1. The zero-order chi connectivity index (χ0) is 21.3. The van der Waals surface area contributed by atoms with E-state index < -0.39 is 0 Å². The second-order valence-electron chi connectivity index (χ2n) is 8.72. The highest BCUT2D eigenvalue weighted by Gasteiger charge is 2.27. The van der Waals surface area contributed by atoms with Crippen LogP contribution in [0.15, 0.2) is 60.7 Å². The van der Waals surface area contributed by atoms with Gasteiger partial charge in [-0.3, -0.25) is 14.6 Å². The molecule has 0 spiro atoms. The first kappa shape index (κ1) is 21.8. The van der Waals surface area contributed by atoms with Crippen molar-refractivity contribution in [1.82, 2.24) is 9.80 Å². The Hall–Kier alpha value is -2.37. The SMILES string of the molecule is O=C(CC(CN1CCN(c2ccccc2)CC1)N1CCCCC1)OCc1ccccc1. The minimum Gasteiger partial charge on any atom is -0.461 e. The molecule has 4 rings (SSSR count). The molecule has 2 heterocycles. The van der Waals surface area contributed by atoms with Gasteiger partial charge in [0, 0.05) is 44.5 Å². The fraction of sp³-hybridized carbons (Fsp3) is 0.500. The van der Waals surface area contributed by atoms with Gasteiger partial charge in [0.2, 0.25) is 0 Å². The van der Waals surface area contributed by atoms with E-state index in [-0.39, 0.29) is 12.0 Å². The Bertz CT molecular complexity index is 785. The van der Waals surface area contributed by atoms with Crippen LogP contribution in [-0.2, 0) is 16.1 Å². The molecule has 0 bridgehead atoms. The van der Waals surface area contributed by atoms with Gasteiger partial charge in [-0.05, 0) is 43.6 Å². The quantitative estimate of drug-likeness (QED) is 0.606. The van der Waals surface area contributed by atoms with E-state index in [1.165, 1.54) is 24.9 Å².